The van der Waals surface area contributed by atoms with Gasteiger partial charge < -0.3 is 0 Å². The zero-order chi connectivity index (χ0) is 15.4. The van der Waals surface area contributed by atoms with Crippen LogP contribution >= 0.6 is 15.9 Å². The Kier molecular flexibility index (Phi) is 5.17. The Morgan fingerprint density at radius 1 is 1.19 bits per heavy atom. The first-order chi connectivity index (χ1) is 9.99. The van der Waals surface area contributed by atoms with Crippen LogP contribution in [0.3, 0.4) is 0 Å². The van der Waals surface area contributed by atoms with Gasteiger partial charge in [0, 0.05) is 41.4 Å². The number of imidazole rings is 1. The highest BCUT2D eigenvalue weighted by molar-refractivity contribution is 9.10. The van der Waals surface area contributed by atoms with E-state index in [0.717, 1.165) is 4.47 Å². The molecule has 21 heavy (non-hydrogen) atoms. The van der Waals surface area contributed by atoms with Crippen molar-refractivity contribution < 1.29 is 4.79 Å². The minimum atomic E-state index is -0.0129. The van der Waals surface area contributed by atoms with E-state index in [1.807, 2.05) is 38.1 Å². The van der Waals surface area contributed by atoms with Gasteiger partial charge in [-0.15, -0.1) is 0 Å². The topological polar surface area (TPSA) is 44.0 Å². The van der Waals surface area contributed by atoms with Gasteiger partial charge in [0.2, 0.25) is 0 Å². The molecule has 0 amide bonds. The van der Waals surface area contributed by atoms with E-state index in [2.05, 4.69) is 15.9 Å². The third-order valence-corrected chi connectivity index (χ3v) is 3.93. The number of aromatic nitrogens is 2. The minimum absolute atomic E-state index is 0.0129. The molecular weight excluding hydrogens is 332 g/mol. The molecule has 112 valence electrons. The standard InChI is InChI=1S/C16H19BrN2O2/c1-12(2)19-11-10-18(16(19)21)9-3-4-15(20)13-5-7-14(17)8-6-13/h5-8,10-12H,3-4,9H2,1-2H3. The first-order valence-corrected chi connectivity index (χ1v) is 7.84. The lowest BCUT2D eigenvalue weighted by molar-refractivity contribution is 0.0978. The third-order valence-electron chi connectivity index (χ3n) is 3.40. The summed E-state index contributed by atoms with van der Waals surface area (Å²) < 4.78 is 4.31. The molecule has 0 aliphatic heterocycles. The second kappa shape index (κ2) is 6.89. The maximum atomic E-state index is 12.0. The van der Waals surface area contributed by atoms with E-state index in [0.29, 0.717) is 24.9 Å². The van der Waals surface area contributed by atoms with Gasteiger partial charge in [0.25, 0.3) is 0 Å². The second-order valence-corrected chi connectivity index (χ2v) is 6.22. The lowest BCUT2D eigenvalue weighted by Crippen LogP contribution is -2.25. The van der Waals surface area contributed by atoms with Gasteiger partial charge in [-0.25, -0.2) is 4.79 Å². The Morgan fingerprint density at radius 2 is 1.86 bits per heavy atom. The van der Waals surface area contributed by atoms with Crippen LogP contribution in [0.5, 0.6) is 0 Å². The molecule has 0 N–H and O–H groups in total. The monoisotopic (exact) mass is 350 g/mol. The van der Waals surface area contributed by atoms with E-state index in [1.54, 1.807) is 21.5 Å². The van der Waals surface area contributed by atoms with E-state index >= 15 is 0 Å². The van der Waals surface area contributed by atoms with Crippen molar-refractivity contribution in [2.75, 3.05) is 0 Å². The van der Waals surface area contributed by atoms with Gasteiger partial charge >= 0.3 is 5.69 Å². The highest BCUT2D eigenvalue weighted by atomic mass is 79.9. The van der Waals surface area contributed by atoms with Crippen LogP contribution in [0.2, 0.25) is 0 Å². The number of Topliss-reactive ketones (excluding diaryl/α,β-unsaturated/α-hetero) is 1. The van der Waals surface area contributed by atoms with E-state index in [1.165, 1.54) is 0 Å². The first kappa shape index (κ1) is 15.8. The summed E-state index contributed by atoms with van der Waals surface area (Å²) in [4.78, 5) is 24.1. The number of benzene rings is 1. The number of hydrogen-bond acceptors (Lipinski definition) is 2. The zero-order valence-electron chi connectivity index (χ0n) is 12.3. The lowest BCUT2D eigenvalue weighted by Gasteiger charge is -2.05. The van der Waals surface area contributed by atoms with E-state index in [9.17, 15) is 9.59 Å². The van der Waals surface area contributed by atoms with Crippen LogP contribution in [0, 0.1) is 0 Å². The summed E-state index contributed by atoms with van der Waals surface area (Å²) in [6, 6.07) is 7.51. The van der Waals surface area contributed by atoms with Gasteiger partial charge in [0.1, 0.15) is 0 Å². The molecule has 0 radical (unpaired) electrons. The predicted octanol–water partition coefficient (Wildman–Crippen LogP) is 3.66. The molecule has 0 saturated heterocycles. The molecule has 1 aromatic heterocycles. The Bertz CT molecular complexity index is 668. The van der Waals surface area contributed by atoms with Crippen LogP contribution in [-0.4, -0.2) is 14.9 Å². The van der Waals surface area contributed by atoms with Crippen LogP contribution in [0.25, 0.3) is 0 Å². The molecule has 0 aliphatic carbocycles. The number of rotatable bonds is 6. The zero-order valence-corrected chi connectivity index (χ0v) is 13.8. The number of carbonyl (C=O) groups is 1. The minimum Gasteiger partial charge on any atom is -0.299 e. The van der Waals surface area contributed by atoms with E-state index in [-0.39, 0.29) is 17.5 Å². The smallest absolute Gasteiger partial charge is 0.299 e. The first-order valence-electron chi connectivity index (χ1n) is 7.05. The third kappa shape index (κ3) is 3.94. The number of nitrogens with zero attached hydrogens (tertiary/aromatic N) is 2. The van der Waals surface area contributed by atoms with Crippen molar-refractivity contribution in [1.29, 1.82) is 0 Å². The van der Waals surface area contributed by atoms with Gasteiger partial charge in [-0.05, 0) is 32.4 Å². The molecule has 0 unspecified atom stereocenters. The van der Waals surface area contributed by atoms with Crippen LogP contribution in [-0.2, 0) is 6.54 Å². The Labute approximate surface area is 132 Å². The number of aryl methyl sites for hydroxylation is 1. The number of carbonyl (C=O) groups excluding carboxylic acids is 1. The molecule has 0 atom stereocenters. The molecule has 0 aliphatic rings. The molecular formula is C16H19BrN2O2. The predicted molar refractivity (Wildman–Crippen MR) is 86.8 cm³/mol. The van der Waals surface area contributed by atoms with E-state index in [4.69, 9.17) is 0 Å². The number of ketones is 1. The average Bonchev–Trinajstić information content (AvgIpc) is 2.81. The summed E-state index contributed by atoms with van der Waals surface area (Å²) >= 11 is 3.35. The summed E-state index contributed by atoms with van der Waals surface area (Å²) in [5.41, 5.74) is 0.700. The lowest BCUT2D eigenvalue weighted by atomic mass is 10.1. The average molecular weight is 351 g/mol. The fourth-order valence-corrected chi connectivity index (χ4v) is 2.45. The van der Waals surface area contributed by atoms with Crippen LogP contribution in [0.15, 0.2) is 45.9 Å². The van der Waals surface area contributed by atoms with Crippen molar-refractivity contribution in [2.45, 2.75) is 39.3 Å². The Balaban J connectivity index is 1.91. The molecule has 0 fully saturated rings. The molecule has 2 aromatic rings. The maximum absolute atomic E-state index is 12.0. The molecule has 5 heteroatoms. The van der Waals surface area contributed by atoms with E-state index < -0.39 is 0 Å². The van der Waals surface area contributed by atoms with Gasteiger partial charge in [-0.3, -0.25) is 13.9 Å². The normalized spacial score (nSPS) is 11.0. The summed E-state index contributed by atoms with van der Waals surface area (Å²) in [7, 11) is 0. The fraction of sp³-hybridized carbons (Fsp3) is 0.375. The van der Waals surface area contributed by atoms with Crippen molar-refractivity contribution >= 4 is 21.7 Å². The van der Waals surface area contributed by atoms with Crippen LogP contribution in [0.4, 0.5) is 0 Å². The molecule has 1 aromatic carbocycles. The summed E-state index contributed by atoms with van der Waals surface area (Å²) in [6.07, 6.45) is 4.69. The van der Waals surface area contributed by atoms with Crippen LogP contribution in [0.1, 0.15) is 43.1 Å². The highest BCUT2D eigenvalue weighted by Gasteiger charge is 2.08. The molecule has 0 spiro atoms. The summed E-state index contributed by atoms with van der Waals surface area (Å²) in [5, 5.41) is 0. The molecule has 0 saturated carbocycles. The largest absolute Gasteiger partial charge is 0.328 e. The highest BCUT2D eigenvalue weighted by Crippen LogP contribution is 2.12. The number of hydrogen-bond donors (Lipinski definition) is 0. The van der Waals surface area contributed by atoms with Crippen molar-refractivity contribution in [3.05, 3.63) is 57.2 Å². The molecule has 0 bridgehead atoms. The van der Waals surface area contributed by atoms with Crippen molar-refractivity contribution in [2.24, 2.45) is 0 Å². The maximum Gasteiger partial charge on any atom is 0.328 e. The quantitative estimate of drug-likeness (QED) is 0.746. The van der Waals surface area contributed by atoms with Crippen molar-refractivity contribution in [3.63, 3.8) is 0 Å². The van der Waals surface area contributed by atoms with Crippen LogP contribution < -0.4 is 5.69 Å². The van der Waals surface area contributed by atoms with Gasteiger partial charge in [0.05, 0.1) is 0 Å². The van der Waals surface area contributed by atoms with Gasteiger partial charge in [0.15, 0.2) is 5.78 Å². The summed E-state index contributed by atoms with van der Waals surface area (Å²) in [5.74, 6) is 0.110. The Morgan fingerprint density at radius 3 is 2.43 bits per heavy atom. The van der Waals surface area contributed by atoms with Gasteiger partial charge in [-0.2, -0.15) is 0 Å². The molecule has 2 rings (SSSR count). The summed E-state index contributed by atoms with van der Waals surface area (Å²) in [6.45, 7) is 4.52. The van der Waals surface area contributed by atoms with Crippen molar-refractivity contribution in [3.8, 4) is 0 Å². The Hall–Kier alpha value is -1.62. The number of halogens is 1. The fourth-order valence-electron chi connectivity index (χ4n) is 2.18. The molecule has 4 nitrogen and oxygen atoms in total. The molecule has 1 heterocycles. The second-order valence-electron chi connectivity index (χ2n) is 5.31. The SMILES string of the molecule is CC(C)n1ccn(CCCC(=O)c2ccc(Br)cc2)c1=O. The van der Waals surface area contributed by atoms with Crippen molar-refractivity contribution in [1.82, 2.24) is 9.13 Å². The van der Waals surface area contributed by atoms with Gasteiger partial charge in [-0.1, -0.05) is 28.1 Å².